The van der Waals surface area contributed by atoms with Crippen LogP contribution in [-0.4, -0.2) is 35.0 Å². The standard InChI is InChI=1S/C12H14BrNO3/c1-2-7-14(8-11(15)16)12(17)9-5-3-4-6-10(9)13/h3-6H,2,7-8H2,1H3,(H,15,16). The quantitative estimate of drug-likeness (QED) is 0.908. The molecular formula is C12H14BrNO3. The monoisotopic (exact) mass is 299 g/mol. The molecular weight excluding hydrogens is 286 g/mol. The van der Waals surface area contributed by atoms with Gasteiger partial charge in [0.15, 0.2) is 0 Å². The molecule has 0 bridgehead atoms. The Hall–Kier alpha value is -1.36. The molecule has 1 rings (SSSR count). The van der Waals surface area contributed by atoms with Crippen molar-refractivity contribution in [1.29, 1.82) is 0 Å². The second-order valence-electron chi connectivity index (χ2n) is 3.60. The second-order valence-corrected chi connectivity index (χ2v) is 4.45. The highest BCUT2D eigenvalue weighted by Crippen LogP contribution is 2.17. The highest BCUT2D eigenvalue weighted by molar-refractivity contribution is 9.10. The van der Waals surface area contributed by atoms with Crippen LogP contribution in [0.25, 0.3) is 0 Å². The molecule has 0 spiro atoms. The number of amides is 1. The molecule has 0 aliphatic carbocycles. The molecule has 0 aliphatic heterocycles. The Morgan fingerprint density at radius 2 is 2.00 bits per heavy atom. The lowest BCUT2D eigenvalue weighted by molar-refractivity contribution is -0.137. The van der Waals surface area contributed by atoms with Gasteiger partial charge in [-0.1, -0.05) is 19.1 Å². The zero-order chi connectivity index (χ0) is 12.8. The molecule has 0 saturated heterocycles. The van der Waals surface area contributed by atoms with Crippen molar-refractivity contribution in [3.8, 4) is 0 Å². The van der Waals surface area contributed by atoms with E-state index >= 15 is 0 Å². The van der Waals surface area contributed by atoms with Crippen LogP contribution in [0.2, 0.25) is 0 Å². The van der Waals surface area contributed by atoms with E-state index in [-0.39, 0.29) is 12.5 Å². The molecule has 0 fully saturated rings. The minimum atomic E-state index is -1.00. The van der Waals surface area contributed by atoms with Crippen molar-refractivity contribution in [2.24, 2.45) is 0 Å². The van der Waals surface area contributed by atoms with Crippen LogP contribution in [0.4, 0.5) is 0 Å². The van der Waals surface area contributed by atoms with Crippen molar-refractivity contribution in [1.82, 2.24) is 4.90 Å². The fourth-order valence-corrected chi connectivity index (χ4v) is 1.94. The average molecular weight is 300 g/mol. The molecule has 0 heterocycles. The summed E-state index contributed by atoms with van der Waals surface area (Å²) in [6.07, 6.45) is 0.726. The molecule has 0 saturated carbocycles. The first-order valence-corrected chi connectivity index (χ1v) is 6.11. The van der Waals surface area contributed by atoms with Gasteiger partial charge >= 0.3 is 5.97 Å². The van der Waals surface area contributed by atoms with Gasteiger partial charge in [0.1, 0.15) is 6.54 Å². The topological polar surface area (TPSA) is 57.6 Å². The molecule has 0 aromatic heterocycles. The predicted octanol–water partition coefficient (Wildman–Crippen LogP) is 2.39. The number of aliphatic carboxylic acids is 1. The van der Waals surface area contributed by atoms with Crippen LogP contribution in [0, 0.1) is 0 Å². The Labute approximate surface area is 108 Å². The Kier molecular flexibility index (Phi) is 5.15. The molecule has 1 N–H and O–H groups in total. The molecule has 5 heteroatoms. The van der Waals surface area contributed by atoms with Crippen molar-refractivity contribution in [2.45, 2.75) is 13.3 Å². The van der Waals surface area contributed by atoms with Crippen LogP contribution in [0.3, 0.4) is 0 Å². The van der Waals surface area contributed by atoms with Crippen LogP contribution >= 0.6 is 15.9 Å². The third kappa shape index (κ3) is 3.85. The third-order valence-electron chi connectivity index (χ3n) is 2.21. The molecule has 1 aromatic rings. The van der Waals surface area contributed by atoms with Crippen molar-refractivity contribution < 1.29 is 14.7 Å². The highest BCUT2D eigenvalue weighted by atomic mass is 79.9. The largest absolute Gasteiger partial charge is 0.480 e. The minimum Gasteiger partial charge on any atom is -0.480 e. The van der Waals surface area contributed by atoms with Crippen molar-refractivity contribution in [3.63, 3.8) is 0 Å². The summed E-state index contributed by atoms with van der Waals surface area (Å²) in [6.45, 7) is 2.07. The van der Waals surface area contributed by atoms with Crippen LogP contribution in [0.15, 0.2) is 28.7 Å². The molecule has 0 aliphatic rings. The van der Waals surface area contributed by atoms with Gasteiger partial charge in [0.05, 0.1) is 5.56 Å². The number of hydrogen-bond acceptors (Lipinski definition) is 2. The molecule has 0 radical (unpaired) electrons. The zero-order valence-corrected chi connectivity index (χ0v) is 11.1. The fourth-order valence-electron chi connectivity index (χ4n) is 1.49. The van der Waals surface area contributed by atoms with E-state index in [1.807, 2.05) is 13.0 Å². The molecule has 17 heavy (non-hydrogen) atoms. The van der Waals surface area contributed by atoms with E-state index in [0.717, 1.165) is 6.42 Å². The van der Waals surface area contributed by atoms with E-state index in [1.165, 1.54) is 4.90 Å². The zero-order valence-electron chi connectivity index (χ0n) is 9.52. The van der Waals surface area contributed by atoms with Crippen molar-refractivity contribution in [3.05, 3.63) is 34.3 Å². The molecule has 1 aromatic carbocycles. The number of benzene rings is 1. The van der Waals surface area contributed by atoms with E-state index in [4.69, 9.17) is 5.11 Å². The third-order valence-corrected chi connectivity index (χ3v) is 2.90. The first kappa shape index (κ1) is 13.7. The lowest BCUT2D eigenvalue weighted by Gasteiger charge is -2.20. The van der Waals surface area contributed by atoms with E-state index in [0.29, 0.717) is 16.6 Å². The van der Waals surface area contributed by atoms with Crippen molar-refractivity contribution >= 4 is 27.8 Å². The van der Waals surface area contributed by atoms with E-state index in [9.17, 15) is 9.59 Å². The van der Waals surface area contributed by atoms with E-state index in [1.54, 1.807) is 18.2 Å². The normalized spacial score (nSPS) is 10.0. The van der Waals surface area contributed by atoms with E-state index < -0.39 is 5.97 Å². The van der Waals surface area contributed by atoms with Crippen LogP contribution in [0.5, 0.6) is 0 Å². The fraction of sp³-hybridized carbons (Fsp3) is 0.333. The molecule has 92 valence electrons. The summed E-state index contributed by atoms with van der Waals surface area (Å²) in [6, 6.07) is 7.00. The lowest BCUT2D eigenvalue weighted by Crippen LogP contribution is -2.36. The lowest BCUT2D eigenvalue weighted by atomic mass is 10.2. The first-order chi connectivity index (χ1) is 8.06. The molecule has 0 atom stereocenters. The van der Waals surface area contributed by atoms with Gasteiger partial charge in [0.25, 0.3) is 5.91 Å². The number of halogens is 1. The van der Waals surface area contributed by atoms with Gasteiger partial charge < -0.3 is 10.0 Å². The summed E-state index contributed by atoms with van der Waals surface area (Å²) >= 11 is 3.29. The number of rotatable bonds is 5. The predicted molar refractivity (Wildman–Crippen MR) is 68.0 cm³/mol. The van der Waals surface area contributed by atoms with Gasteiger partial charge in [0.2, 0.25) is 0 Å². The first-order valence-electron chi connectivity index (χ1n) is 5.31. The SMILES string of the molecule is CCCN(CC(=O)O)C(=O)c1ccccc1Br. The van der Waals surface area contributed by atoms with Gasteiger partial charge in [-0.15, -0.1) is 0 Å². The number of hydrogen-bond donors (Lipinski definition) is 1. The molecule has 4 nitrogen and oxygen atoms in total. The molecule has 1 amide bonds. The minimum absolute atomic E-state index is 0.262. The summed E-state index contributed by atoms with van der Waals surface area (Å²) in [5.41, 5.74) is 0.488. The number of carbonyl (C=O) groups excluding carboxylic acids is 1. The summed E-state index contributed by atoms with van der Waals surface area (Å²) in [4.78, 5) is 24.2. The van der Waals surface area contributed by atoms with Gasteiger partial charge in [-0.25, -0.2) is 0 Å². The summed E-state index contributed by atoms with van der Waals surface area (Å²) < 4.78 is 0.677. The van der Waals surface area contributed by atoms with E-state index in [2.05, 4.69) is 15.9 Å². The summed E-state index contributed by atoms with van der Waals surface area (Å²) in [5.74, 6) is -1.26. The maximum absolute atomic E-state index is 12.1. The van der Waals surface area contributed by atoms with Crippen molar-refractivity contribution in [2.75, 3.05) is 13.1 Å². The number of carboxylic acids is 1. The van der Waals surface area contributed by atoms with Crippen LogP contribution < -0.4 is 0 Å². The average Bonchev–Trinajstić information content (AvgIpc) is 2.28. The maximum Gasteiger partial charge on any atom is 0.323 e. The Balaban J connectivity index is 2.91. The number of carboxylic acid groups (broad SMARTS) is 1. The highest BCUT2D eigenvalue weighted by Gasteiger charge is 2.19. The van der Waals surface area contributed by atoms with Gasteiger partial charge in [-0.3, -0.25) is 9.59 Å². The Morgan fingerprint density at radius 1 is 1.35 bits per heavy atom. The number of nitrogens with zero attached hydrogens (tertiary/aromatic N) is 1. The van der Waals surface area contributed by atoms with Gasteiger partial charge in [-0.2, -0.15) is 0 Å². The summed E-state index contributed by atoms with van der Waals surface area (Å²) in [5, 5.41) is 8.77. The van der Waals surface area contributed by atoms with Crippen LogP contribution in [0.1, 0.15) is 23.7 Å². The number of carbonyl (C=O) groups is 2. The summed E-state index contributed by atoms with van der Waals surface area (Å²) in [7, 11) is 0. The maximum atomic E-state index is 12.1. The van der Waals surface area contributed by atoms with Crippen LogP contribution in [-0.2, 0) is 4.79 Å². The Bertz CT molecular complexity index is 420. The van der Waals surface area contributed by atoms with Gasteiger partial charge in [-0.05, 0) is 34.5 Å². The smallest absolute Gasteiger partial charge is 0.323 e. The molecule has 0 unspecified atom stereocenters. The van der Waals surface area contributed by atoms with Gasteiger partial charge in [0, 0.05) is 11.0 Å². The second kappa shape index (κ2) is 6.39. The Morgan fingerprint density at radius 3 is 2.53 bits per heavy atom.